The third kappa shape index (κ3) is 3.65. The molecule has 0 saturated heterocycles. The number of nitrogens with one attached hydrogen (secondary N) is 1. The van der Waals surface area contributed by atoms with Crippen LogP contribution in [0, 0.1) is 0 Å². The summed E-state index contributed by atoms with van der Waals surface area (Å²) in [5.41, 5.74) is 3.19. The molecule has 0 aliphatic heterocycles. The zero-order valence-electron chi connectivity index (χ0n) is 12.8. The zero-order chi connectivity index (χ0) is 16.1. The van der Waals surface area contributed by atoms with Gasteiger partial charge >= 0.3 is 0 Å². The molecule has 0 heterocycles. The lowest BCUT2D eigenvalue weighted by atomic mass is 10.1. The molecule has 0 spiro atoms. The fourth-order valence-corrected chi connectivity index (χ4v) is 2.29. The van der Waals surface area contributed by atoms with Crippen molar-refractivity contribution in [2.75, 3.05) is 17.4 Å². The second-order valence-corrected chi connectivity index (χ2v) is 5.23. The van der Waals surface area contributed by atoms with E-state index in [1.54, 1.807) is 0 Å². The van der Waals surface area contributed by atoms with Crippen LogP contribution in [0.2, 0.25) is 5.02 Å². The molecule has 1 N–H and O–H groups in total. The molecule has 0 radical (unpaired) electrons. The van der Waals surface area contributed by atoms with Crippen molar-refractivity contribution in [1.29, 1.82) is 0 Å². The van der Waals surface area contributed by atoms with Crippen LogP contribution in [0.15, 0.2) is 53.6 Å². The topological polar surface area (TPSA) is 44.7 Å². The second-order valence-electron chi connectivity index (χ2n) is 4.79. The van der Waals surface area contributed by atoms with Gasteiger partial charge in [-0.3, -0.25) is 4.79 Å². The van der Waals surface area contributed by atoms with Crippen LogP contribution in [-0.2, 0) is 4.79 Å². The molecule has 0 fully saturated rings. The number of carbonyl (C=O) groups is 1. The summed E-state index contributed by atoms with van der Waals surface area (Å²) >= 11 is 6.07. The van der Waals surface area contributed by atoms with Gasteiger partial charge in [0.25, 0.3) is 0 Å². The molecular formula is C17H18ClN3O. The van der Waals surface area contributed by atoms with Gasteiger partial charge in [-0.2, -0.15) is 5.10 Å². The number of halogens is 1. The first-order valence-electron chi connectivity index (χ1n) is 6.91. The molecule has 0 saturated carbocycles. The summed E-state index contributed by atoms with van der Waals surface area (Å²) in [6, 6.07) is 14.8. The Hall–Kier alpha value is -2.33. The minimum atomic E-state index is -0.154. The van der Waals surface area contributed by atoms with E-state index in [0.717, 1.165) is 16.9 Å². The average Bonchev–Trinajstić information content (AvgIpc) is 2.52. The summed E-state index contributed by atoms with van der Waals surface area (Å²) < 4.78 is 0. The van der Waals surface area contributed by atoms with E-state index >= 15 is 0 Å². The van der Waals surface area contributed by atoms with E-state index in [0.29, 0.717) is 10.7 Å². The van der Waals surface area contributed by atoms with E-state index in [1.807, 2.05) is 62.5 Å². The molecule has 22 heavy (non-hydrogen) atoms. The smallest absolute Gasteiger partial charge is 0.244 e. The first kappa shape index (κ1) is 16.0. The van der Waals surface area contributed by atoms with E-state index in [1.165, 1.54) is 11.9 Å². The van der Waals surface area contributed by atoms with Crippen molar-refractivity contribution in [3.63, 3.8) is 0 Å². The molecule has 2 rings (SSSR count). The summed E-state index contributed by atoms with van der Waals surface area (Å²) in [6.45, 7) is 3.34. The van der Waals surface area contributed by atoms with Crippen molar-refractivity contribution in [3.05, 3.63) is 59.1 Å². The van der Waals surface area contributed by atoms with Crippen LogP contribution < -0.4 is 10.3 Å². The van der Waals surface area contributed by atoms with Gasteiger partial charge in [0.15, 0.2) is 0 Å². The van der Waals surface area contributed by atoms with E-state index < -0.39 is 0 Å². The first-order chi connectivity index (χ1) is 10.5. The van der Waals surface area contributed by atoms with Crippen LogP contribution in [0.5, 0.6) is 0 Å². The number of anilines is 2. The number of carbonyl (C=O) groups excluding carboxylic acids is 1. The van der Waals surface area contributed by atoms with Gasteiger partial charge in [-0.15, -0.1) is 0 Å². The summed E-state index contributed by atoms with van der Waals surface area (Å²) in [7, 11) is 1.83. The summed E-state index contributed by atoms with van der Waals surface area (Å²) in [6.07, 6.45) is 0. The average molecular weight is 316 g/mol. The second kappa shape index (κ2) is 7.09. The largest absolute Gasteiger partial charge is 0.388 e. The van der Waals surface area contributed by atoms with Gasteiger partial charge in [-0.05, 0) is 37.3 Å². The van der Waals surface area contributed by atoms with Gasteiger partial charge in [0.05, 0.1) is 11.4 Å². The fourth-order valence-electron chi connectivity index (χ4n) is 2.12. The molecule has 0 aliphatic rings. The lowest BCUT2D eigenvalue weighted by Crippen LogP contribution is -2.24. The van der Waals surface area contributed by atoms with Gasteiger partial charge in [0, 0.05) is 30.2 Å². The Balaban J connectivity index is 2.45. The van der Waals surface area contributed by atoms with Crippen LogP contribution >= 0.6 is 11.6 Å². The number of hydrazone groups is 1. The monoisotopic (exact) mass is 315 g/mol. The van der Waals surface area contributed by atoms with E-state index in [-0.39, 0.29) is 5.91 Å². The Kier molecular flexibility index (Phi) is 5.17. The molecule has 114 valence electrons. The number of hydrogen-bond donors (Lipinski definition) is 1. The quantitative estimate of drug-likeness (QED) is 0.680. The Labute approximate surface area is 135 Å². The molecule has 2 aromatic rings. The molecule has 0 bridgehead atoms. The molecule has 0 aromatic heterocycles. The normalized spacial score (nSPS) is 11.2. The maximum Gasteiger partial charge on any atom is 0.244 e. The van der Waals surface area contributed by atoms with Gasteiger partial charge in [-0.25, -0.2) is 5.01 Å². The van der Waals surface area contributed by atoms with Crippen LogP contribution in [0.1, 0.15) is 19.4 Å². The maximum absolute atomic E-state index is 11.9. The van der Waals surface area contributed by atoms with Crippen molar-refractivity contribution in [2.45, 2.75) is 13.8 Å². The predicted molar refractivity (Wildman–Crippen MR) is 92.8 cm³/mol. The molecule has 1 amide bonds. The first-order valence-corrected chi connectivity index (χ1v) is 7.29. The number of para-hydroxylation sites is 1. The maximum atomic E-state index is 11.9. The zero-order valence-corrected chi connectivity index (χ0v) is 13.6. The molecule has 2 aromatic carbocycles. The lowest BCUT2D eigenvalue weighted by Gasteiger charge is -2.17. The summed E-state index contributed by atoms with van der Waals surface area (Å²) in [5.74, 6) is -0.154. The molecular weight excluding hydrogens is 298 g/mol. The Morgan fingerprint density at radius 3 is 2.41 bits per heavy atom. The van der Waals surface area contributed by atoms with Crippen LogP contribution in [0.3, 0.4) is 0 Å². The number of benzene rings is 2. The highest BCUT2D eigenvalue weighted by atomic mass is 35.5. The van der Waals surface area contributed by atoms with E-state index in [4.69, 9.17) is 11.6 Å². The number of rotatable bonds is 4. The van der Waals surface area contributed by atoms with Crippen LogP contribution in [-0.4, -0.2) is 18.7 Å². The van der Waals surface area contributed by atoms with E-state index in [2.05, 4.69) is 10.4 Å². The SMILES string of the molecule is CNc1ccc(Cl)cc1/C(C)=N\N(C(C)=O)c1ccccc1. The third-order valence-corrected chi connectivity index (χ3v) is 3.42. The Bertz CT molecular complexity index is 698. The molecule has 0 atom stereocenters. The van der Waals surface area contributed by atoms with Crippen molar-refractivity contribution in [2.24, 2.45) is 5.10 Å². The van der Waals surface area contributed by atoms with Crippen LogP contribution in [0.4, 0.5) is 11.4 Å². The third-order valence-electron chi connectivity index (χ3n) is 3.19. The van der Waals surface area contributed by atoms with Crippen molar-refractivity contribution < 1.29 is 4.79 Å². The lowest BCUT2D eigenvalue weighted by molar-refractivity contribution is -0.116. The fraction of sp³-hybridized carbons (Fsp3) is 0.176. The minimum Gasteiger partial charge on any atom is -0.388 e. The number of nitrogens with zero attached hydrogens (tertiary/aromatic N) is 2. The highest BCUT2D eigenvalue weighted by Gasteiger charge is 2.12. The highest BCUT2D eigenvalue weighted by molar-refractivity contribution is 6.31. The van der Waals surface area contributed by atoms with Gasteiger partial charge < -0.3 is 5.32 Å². The molecule has 0 unspecified atom stereocenters. The van der Waals surface area contributed by atoms with E-state index in [9.17, 15) is 4.79 Å². The molecule has 0 aliphatic carbocycles. The van der Waals surface area contributed by atoms with Gasteiger partial charge in [0.2, 0.25) is 5.91 Å². The standard InChI is InChI=1S/C17H18ClN3O/c1-12(16-11-14(18)9-10-17(16)19-3)20-21(13(2)22)15-7-5-4-6-8-15/h4-11,19H,1-3H3/b20-12-. The van der Waals surface area contributed by atoms with Gasteiger partial charge in [-0.1, -0.05) is 29.8 Å². The van der Waals surface area contributed by atoms with Crippen molar-refractivity contribution in [1.82, 2.24) is 0 Å². The summed E-state index contributed by atoms with van der Waals surface area (Å²) in [5, 5.41) is 9.58. The highest BCUT2D eigenvalue weighted by Crippen LogP contribution is 2.22. The minimum absolute atomic E-state index is 0.154. The Morgan fingerprint density at radius 2 is 1.82 bits per heavy atom. The van der Waals surface area contributed by atoms with Gasteiger partial charge in [0.1, 0.15) is 0 Å². The molecule has 4 nitrogen and oxygen atoms in total. The number of amides is 1. The Morgan fingerprint density at radius 1 is 1.14 bits per heavy atom. The summed E-state index contributed by atoms with van der Waals surface area (Å²) in [4.78, 5) is 11.9. The van der Waals surface area contributed by atoms with Crippen molar-refractivity contribution >= 4 is 34.6 Å². The number of hydrogen-bond acceptors (Lipinski definition) is 3. The predicted octanol–water partition coefficient (Wildman–Crippen LogP) is 4.16. The van der Waals surface area contributed by atoms with Crippen LogP contribution in [0.25, 0.3) is 0 Å². The van der Waals surface area contributed by atoms with Crippen molar-refractivity contribution in [3.8, 4) is 0 Å². The molecule has 5 heteroatoms.